The highest BCUT2D eigenvalue weighted by Crippen LogP contribution is 2.52. The van der Waals surface area contributed by atoms with Crippen molar-refractivity contribution in [3.63, 3.8) is 0 Å². The molecule has 0 unspecified atom stereocenters. The zero-order valence-corrected chi connectivity index (χ0v) is 17.1. The zero-order valence-electron chi connectivity index (χ0n) is 16.3. The number of sulfonamides is 1. The largest absolute Gasteiger partial charge is 0.469 e. The van der Waals surface area contributed by atoms with E-state index in [-0.39, 0.29) is 18.2 Å². The summed E-state index contributed by atoms with van der Waals surface area (Å²) in [7, 11) is -3.53. The summed E-state index contributed by atoms with van der Waals surface area (Å²) in [5, 5.41) is 0. The normalized spacial score (nSPS) is 20.0. The van der Waals surface area contributed by atoms with Crippen molar-refractivity contribution in [3.05, 3.63) is 54.0 Å². The van der Waals surface area contributed by atoms with E-state index < -0.39 is 14.8 Å². The molecule has 1 saturated heterocycles. The van der Waals surface area contributed by atoms with E-state index in [0.717, 1.165) is 11.3 Å². The van der Waals surface area contributed by atoms with Crippen LogP contribution >= 0.6 is 0 Å². The minimum absolute atomic E-state index is 0.0208. The molecule has 0 atom stereocenters. The summed E-state index contributed by atoms with van der Waals surface area (Å²) in [4.78, 5) is 14.4. The summed E-state index contributed by atoms with van der Waals surface area (Å²) < 4.78 is 33.1. The number of carbonyl (C=O) groups is 1. The van der Waals surface area contributed by atoms with Crippen LogP contribution in [0.1, 0.15) is 38.0 Å². The first kappa shape index (κ1) is 19.1. The summed E-state index contributed by atoms with van der Waals surface area (Å²) in [6.45, 7) is 5.39. The molecular weight excluding hydrogens is 376 g/mol. The number of hydrogen-bond donors (Lipinski definition) is 0. The average molecular weight is 403 g/mol. The predicted molar refractivity (Wildman–Crippen MR) is 107 cm³/mol. The third-order valence-electron chi connectivity index (χ3n) is 5.81. The second-order valence-electron chi connectivity index (χ2n) is 8.08. The van der Waals surface area contributed by atoms with Gasteiger partial charge in [0, 0.05) is 19.6 Å². The number of nitrogens with zero attached hydrogens (tertiary/aromatic N) is 2. The number of piperidine rings is 1. The molecule has 0 radical (unpaired) electrons. The Kier molecular flexibility index (Phi) is 4.73. The zero-order chi connectivity index (χ0) is 19.9. The topological polar surface area (TPSA) is 70.8 Å². The van der Waals surface area contributed by atoms with Crippen molar-refractivity contribution in [1.29, 1.82) is 0 Å². The number of fused-ring (bicyclic) bond motifs is 2. The Morgan fingerprint density at radius 1 is 1.14 bits per heavy atom. The molecular formula is C21H26N2O4S. The fraction of sp³-hybridized carbons (Fsp3) is 0.476. The minimum atomic E-state index is -3.53. The Morgan fingerprint density at radius 3 is 2.50 bits per heavy atom. The number of furan rings is 1. The Hall–Kier alpha value is -2.28. The molecule has 1 amide bonds. The molecule has 2 aliphatic rings. The quantitative estimate of drug-likeness (QED) is 0.788. The highest BCUT2D eigenvalue weighted by Gasteiger charge is 2.57. The van der Waals surface area contributed by atoms with E-state index in [9.17, 15) is 13.2 Å². The lowest BCUT2D eigenvalue weighted by Crippen LogP contribution is -2.50. The van der Waals surface area contributed by atoms with Gasteiger partial charge in [-0.15, -0.1) is 0 Å². The Bertz CT molecular complexity index is 958. The summed E-state index contributed by atoms with van der Waals surface area (Å²) >= 11 is 0. The summed E-state index contributed by atoms with van der Waals surface area (Å²) in [5.74, 6) is 0.840. The maximum absolute atomic E-state index is 13.6. The van der Waals surface area contributed by atoms with Gasteiger partial charge in [0.05, 0.1) is 18.4 Å². The number of anilines is 1. The van der Waals surface area contributed by atoms with Crippen molar-refractivity contribution >= 4 is 21.6 Å². The first-order valence-electron chi connectivity index (χ1n) is 9.77. The molecule has 1 fully saturated rings. The lowest BCUT2D eigenvalue weighted by atomic mass is 9.87. The van der Waals surface area contributed by atoms with Gasteiger partial charge < -0.3 is 9.32 Å². The molecule has 2 aliphatic heterocycles. The lowest BCUT2D eigenvalue weighted by Gasteiger charge is -2.39. The van der Waals surface area contributed by atoms with E-state index in [2.05, 4.69) is 0 Å². The van der Waals surface area contributed by atoms with Crippen LogP contribution in [0, 0.1) is 5.92 Å². The van der Waals surface area contributed by atoms with Gasteiger partial charge in [-0.25, -0.2) is 8.42 Å². The van der Waals surface area contributed by atoms with E-state index in [1.54, 1.807) is 27.6 Å². The van der Waals surface area contributed by atoms with Gasteiger partial charge in [-0.3, -0.25) is 9.10 Å². The molecule has 4 rings (SSSR count). The smallest absolute Gasteiger partial charge is 0.245 e. The second-order valence-corrected chi connectivity index (χ2v) is 10.3. The molecule has 0 saturated carbocycles. The second kappa shape index (κ2) is 6.95. The molecule has 150 valence electrons. The molecule has 1 aromatic carbocycles. The number of para-hydroxylation sites is 1. The van der Waals surface area contributed by atoms with Gasteiger partial charge in [0.1, 0.15) is 10.5 Å². The van der Waals surface area contributed by atoms with Crippen molar-refractivity contribution in [1.82, 2.24) is 4.90 Å². The molecule has 28 heavy (non-hydrogen) atoms. The molecule has 3 heterocycles. The fourth-order valence-corrected chi connectivity index (χ4v) is 6.89. The molecule has 7 heteroatoms. The van der Waals surface area contributed by atoms with E-state index in [1.165, 1.54) is 0 Å². The third kappa shape index (κ3) is 2.92. The molecule has 6 nitrogen and oxygen atoms in total. The predicted octanol–water partition coefficient (Wildman–Crippen LogP) is 3.15. The number of amides is 1. The highest BCUT2D eigenvalue weighted by molar-refractivity contribution is 7.94. The summed E-state index contributed by atoms with van der Waals surface area (Å²) in [6, 6.07) is 11.2. The van der Waals surface area contributed by atoms with Crippen LogP contribution < -0.4 is 4.31 Å². The monoisotopic (exact) mass is 402 g/mol. The van der Waals surface area contributed by atoms with Gasteiger partial charge in [0.15, 0.2) is 0 Å². The van der Waals surface area contributed by atoms with Crippen molar-refractivity contribution in [2.75, 3.05) is 23.9 Å². The third-order valence-corrected chi connectivity index (χ3v) is 8.35. The van der Waals surface area contributed by atoms with Gasteiger partial charge in [-0.2, -0.15) is 0 Å². The molecule has 0 N–H and O–H groups in total. The molecule has 0 aliphatic carbocycles. The van der Waals surface area contributed by atoms with E-state index >= 15 is 0 Å². The van der Waals surface area contributed by atoms with Crippen molar-refractivity contribution in [2.24, 2.45) is 5.92 Å². The molecule has 2 aromatic rings. The maximum atomic E-state index is 13.6. The van der Waals surface area contributed by atoms with Crippen LogP contribution in [0.15, 0.2) is 47.1 Å². The summed E-state index contributed by atoms with van der Waals surface area (Å²) in [6.07, 6.45) is 2.61. The van der Waals surface area contributed by atoms with Crippen LogP contribution in [0.3, 0.4) is 0 Å². The molecule has 1 spiro atoms. The minimum Gasteiger partial charge on any atom is -0.469 e. The van der Waals surface area contributed by atoms with Crippen molar-refractivity contribution in [2.45, 2.75) is 37.9 Å². The molecule has 1 aromatic heterocycles. The van der Waals surface area contributed by atoms with Crippen LogP contribution in [0.5, 0.6) is 0 Å². The Labute approximate surface area is 166 Å². The first-order valence-corrected chi connectivity index (χ1v) is 11.2. The average Bonchev–Trinajstić information content (AvgIpc) is 3.23. The van der Waals surface area contributed by atoms with Crippen LogP contribution in [-0.4, -0.2) is 38.9 Å². The van der Waals surface area contributed by atoms with Gasteiger partial charge in [0.2, 0.25) is 15.9 Å². The first-order chi connectivity index (χ1) is 13.3. The number of hydrogen-bond acceptors (Lipinski definition) is 4. The highest BCUT2D eigenvalue weighted by atomic mass is 32.2. The number of carbonyl (C=O) groups excluding carboxylic acids is 1. The number of likely N-dealkylation sites (tertiary alicyclic amines) is 1. The lowest BCUT2D eigenvalue weighted by molar-refractivity contribution is -0.132. The Balaban J connectivity index is 1.59. The molecule has 0 bridgehead atoms. The SMILES string of the molecule is CC(C)CN1c2ccccc2C2(CCN(C(=O)Cc3ccco3)CC2)S1(=O)=O. The number of benzene rings is 1. The Morgan fingerprint density at radius 2 is 1.86 bits per heavy atom. The van der Waals surface area contributed by atoms with Crippen LogP contribution in [-0.2, 0) is 26.0 Å². The van der Waals surface area contributed by atoms with Gasteiger partial charge in [-0.05, 0) is 42.5 Å². The van der Waals surface area contributed by atoms with Crippen LogP contribution in [0.25, 0.3) is 0 Å². The van der Waals surface area contributed by atoms with E-state index in [4.69, 9.17) is 4.42 Å². The van der Waals surface area contributed by atoms with Crippen LogP contribution in [0.4, 0.5) is 5.69 Å². The fourth-order valence-electron chi connectivity index (χ4n) is 4.40. The maximum Gasteiger partial charge on any atom is 0.245 e. The van der Waals surface area contributed by atoms with E-state index in [1.807, 2.05) is 38.1 Å². The van der Waals surface area contributed by atoms with Gasteiger partial charge in [0.25, 0.3) is 0 Å². The standard InChI is InChI=1S/C21H26N2O4S/c1-16(2)15-23-19-8-4-3-7-18(19)21(28(23,25)26)9-11-22(12-10-21)20(24)14-17-6-5-13-27-17/h3-8,13,16H,9-12,14-15H2,1-2H3. The van der Waals surface area contributed by atoms with Crippen molar-refractivity contribution < 1.29 is 17.6 Å². The van der Waals surface area contributed by atoms with Crippen LogP contribution in [0.2, 0.25) is 0 Å². The van der Waals surface area contributed by atoms with E-state index in [0.29, 0.717) is 38.2 Å². The van der Waals surface area contributed by atoms with Gasteiger partial charge in [-0.1, -0.05) is 32.0 Å². The van der Waals surface area contributed by atoms with Gasteiger partial charge >= 0.3 is 0 Å². The summed E-state index contributed by atoms with van der Waals surface area (Å²) in [5.41, 5.74) is 1.68. The van der Waals surface area contributed by atoms with Crippen molar-refractivity contribution in [3.8, 4) is 0 Å². The number of rotatable bonds is 4.